The molecule has 0 spiro atoms. The molecule has 0 saturated carbocycles. The first-order valence-electron chi connectivity index (χ1n) is 8.82. The van der Waals surface area contributed by atoms with E-state index in [1.807, 2.05) is 31.2 Å². The van der Waals surface area contributed by atoms with Gasteiger partial charge in [-0.05, 0) is 31.0 Å². The number of benzene rings is 1. The van der Waals surface area contributed by atoms with Gasteiger partial charge in [0.05, 0.1) is 5.71 Å². The molecule has 0 radical (unpaired) electrons. The minimum absolute atomic E-state index is 0.0146. The molecule has 1 aromatic carbocycles. The van der Waals surface area contributed by atoms with Crippen molar-refractivity contribution in [3.8, 4) is 0 Å². The Labute approximate surface area is 140 Å². The molecule has 1 rings (SSSR count). The van der Waals surface area contributed by atoms with Crippen LogP contribution in [0.3, 0.4) is 0 Å². The molecule has 23 heavy (non-hydrogen) atoms. The first-order chi connectivity index (χ1) is 11.1. The van der Waals surface area contributed by atoms with Crippen LogP contribution in [0.25, 0.3) is 0 Å². The standard InChI is InChI=1S/C19H31N3O/c1-3-4-5-6-7-8-9-10-14-19(23)22-21-16(2)17-12-11-13-18(20)15-17/h11-13,15H,3-10,14,20H2,1-2H3,(H,22,23)/b21-16+. The Kier molecular flexibility index (Phi) is 9.76. The molecule has 128 valence electrons. The summed E-state index contributed by atoms with van der Waals surface area (Å²) in [5, 5.41) is 4.15. The molecule has 0 aliphatic carbocycles. The number of rotatable bonds is 11. The van der Waals surface area contributed by atoms with E-state index in [1.165, 1.54) is 38.5 Å². The van der Waals surface area contributed by atoms with Crippen molar-refractivity contribution in [1.82, 2.24) is 5.43 Å². The molecule has 4 heteroatoms. The monoisotopic (exact) mass is 317 g/mol. The van der Waals surface area contributed by atoms with Gasteiger partial charge in [0.2, 0.25) is 5.91 Å². The normalized spacial score (nSPS) is 11.5. The third kappa shape index (κ3) is 9.01. The SMILES string of the molecule is CCCCCCCCCCC(=O)N/N=C(\C)c1cccc(N)c1. The van der Waals surface area contributed by atoms with Crippen molar-refractivity contribution < 1.29 is 4.79 Å². The van der Waals surface area contributed by atoms with Crippen LogP contribution in [0.5, 0.6) is 0 Å². The Hall–Kier alpha value is -1.84. The van der Waals surface area contributed by atoms with E-state index in [-0.39, 0.29) is 5.91 Å². The molecule has 1 aromatic rings. The Bertz CT molecular complexity index is 497. The van der Waals surface area contributed by atoms with Crippen LogP contribution in [-0.4, -0.2) is 11.6 Å². The van der Waals surface area contributed by atoms with Crippen LogP contribution < -0.4 is 11.2 Å². The minimum Gasteiger partial charge on any atom is -0.399 e. The van der Waals surface area contributed by atoms with Gasteiger partial charge in [0.1, 0.15) is 0 Å². The zero-order valence-electron chi connectivity index (χ0n) is 14.6. The summed E-state index contributed by atoms with van der Waals surface area (Å²) in [5.74, 6) is -0.0146. The molecule has 0 fully saturated rings. The lowest BCUT2D eigenvalue weighted by Gasteiger charge is -2.04. The van der Waals surface area contributed by atoms with Gasteiger partial charge in [-0.15, -0.1) is 0 Å². The molecule has 0 saturated heterocycles. The van der Waals surface area contributed by atoms with E-state index in [2.05, 4.69) is 17.5 Å². The van der Waals surface area contributed by atoms with E-state index >= 15 is 0 Å². The van der Waals surface area contributed by atoms with Gasteiger partial charge in [0.25, 0.3) is 0 Å². The van der Waals surface area contributed by atoms with Crippen LogP contribution in [0.4, 0.5) is 5.69 Å². The zero-order valence-corrected chi connectivity index (χ0v) is 14.6. The third-order valence-corrected chi connectivity index (χ3v) is 3.91. The summed E-state index contributed by atoms with van der Waals surface area (Å²) in [6.07, 6.45) is 10.4. The van der Waals surface area contributed by atoms with Crippen molar-refractivity contribution in [2.24, 2.45) is 5.10 Å². The molecule has 0 aliphatic rings. The van der Waals surface area contributed by atoms with Crippen LogP contribution in [0.2, 0.25) is 0 Å². The Morgan fingerprint density at radius 2 is 1.74 bits per heavy atom. The molecule has 3 N–H and O–H groups in total. The number of hydrogen-bond donors (Lipinski definition) is 2. The van der Waals surface area contributed by atoms with E-state index in [0.29, 0.717) is 12.1 Å². The number of nitrogens with zero attached hydrogens (tertiary/aromatic N) is 1. The summed E-state index contributed by atoms with van der Waals surface area (Å²) < 4.78 is 0. The number of amides is 1. The highest BCUT2D eigenvalue weighted by molar-refractivity contribution is 5.99. The maximum atomic E-state index is 11.8. The molecule has 0 aliphatic heterocycles. The van der Waals surface area contributed by atoms with Crippen molar-refractivity contribution in [3.63, 3.8) is 0 Å². The van der Waals surface area contributed by atoms with Crippen molar-refractivity contribution >= 4 is 17.3 Å². The van der Waals surface area contributed by atoms with Crippen LogP contribution in [0.1, 0.15) is 77.2 Å². The number of nitrogens with one attached hydrogen (secondary N) is 1. The average molecular weight is 317 g/mol. The van der Waals surface area contributed by atoms with Crippen molar-refractivity contribution in [2.75, 3.05) is 5.73 Å². The third-order valence-electron chi connectivity index (χ3n) is 3.91. The predicted octanol–water partition coefficient (Wildman–Crippen LogP) is 4.64. The minimum atomic E-state index is -0.0146. The Morgan fingerprint density at radius 3 is 2.39 bits per heavy atom. The fourth-order valence-corrected chi connectivity index (χ4v) is 2.45. The van der Waals surface area contributed by atoms with E-state index in [0.717, 1.165) is 24.1 Å². The molecule has 0 bridgehead atoms. The van der Waals surface area contributed by atoms with E-state index in [4.69, 9.17) is 5.73 Å². The van der Waals surface area contributed by atoms with Crippen LogP contribution in [0, 0.1) is 0 Å². The fourth-order valence-electron chi connectivity index (χ4n) is 2.45. The Balaban J connectivity index is 2.15. The molecule has 0 atom stereocenters. The van der Waals surface area contributed by atoms with Crippen LogP contribution in [-0.2, 0) is 4.79 Å². The summed E-state index contributed by atoms with van der Waals surface area (Å²) in [4.78, 5) is 11.8. The highest BCUT2D eigenvalue weighted by atomic mass is 16.2. The van der Waals surface area contributed by atoms with Gasteiger partial charge >= 0.3 is 0 Å². The summed E-state index contributed by atoms with van der Waals surface area (Å²) in [5.41, 5.74) is 10.8. The number of unbranched alkanes of at least 4 members (excludes halogenated alkanes) is 7. The number of hydrogen-bond acceptors (Lipinski definition) is 3. The molecule has 4 nitrogen and oxygen atoms in total. The first kappa shape index (κ1) is 19.2. The lowest BCUT2D eigenvalue weighted by atomic mass is 10.1. The number of hydrazone groups is 1. The highest BCUT2D eigenvalue weighted by Gasteiger charge is 2.02. The fraction of sp³-hybridized carbons (Fsp3) is 0.579. The lowest BCUT2D eigenvalue weighted by molar-refractivity contribution is -0.121. The van der Waals surface area contributed by atoms with Gasteiger partial charge in [-0.3, -0.25) is 4.79 Å². The molecular weight excluding hydrogens is 286 g/mol. The molecule has 0 unspecified atom stereocenters. The van der Waals surface area contributed by atoms with Crippen molar-refractivity contribution in [2.45, 2.75) is 71.6 Å². The highest BCUT2D eigenvalue weighted by Crippen LogP contribution is 2.10. The summed E-state index contributed by atoms with van der Waals surface area (Å²) >= 11 is 0. The molecular formula is C19H31N3O. The Morgan fingerprint density at radius 1 is 1.09 bits per heavy atom. The van der Waals surface area contributed by atoms with E-state index in [9.17, 15) is 4.79 Å². The van der Waals surface area contributed by atoms with Crippen LogP contribution in [0.15, 0.2) is 29.4 Å². The number of carbonyl (C=O) groups excluding carboxylic acids is 1. The summed E-state index contributed by atoms with van der Waals surface area (Å²) in [7, 11) is 0. The quantitative estimate of drug-likeness (QED) is 0.270. The number of anilines is 1. The van der Waals surface area contributed by atoms with Crippen molar-refractivity contribution in [1.29, 1.82) is 0 Å². The molecule has 0 aromatic heterocycles. The lowest BCUT2D eigenvalue weighted by Crippen LogP contribution is -2.18. The van der Waals surface area contributed by atoms with Gasteiger partial charge in [-0.1, -0.05) is 64.0 Å². The zero-order chi connectivity index (χ0) is 16.9. The number of nitrogens with two attached hydrogens (primary N) is 1. The summed E-state index contributed by atoms with van der Waals surface area (Å²) in [6.45, 7) is 4.10. The van der Waals surface area contributed by atoms with E-state index < -0.39 is 0 Å². The second kappa shape index (κ2) is 11.7. The smallest absolute Gasteiger partial charge is 0.240 e. The van der Waals surface area contributed by atoms with Gasteiger partial charge in [-0.2, -0.15) is 5.10 Å². The number of carbonyl (C=O) groups is 1. The van der Waals surface area contributed by atoms with Gasteiger partial charge in [-0.25, -0.2) is 5.43 Å². The first-order valence-corrected chi connectivity index (χ1v) is 8.82. The maximum Gasteiger partial charge on any atom is 0.240 e. The van der Waals surface area contributed by atoms with Gasteiger partial charge in [0, 0.05) is 12.1 Å². The number of nitrogen functional groups attached to an aromatic ring is 1. The second-order valence-corrected chi connectivity index (χ2v) is 6.08. The summed E-state index contributed by atoms with van der Waals surface area (Å²) in [6, 6.07) is 7.49. The van der Waals surface area contributed by atoms with Crippen molar-refractivity contribution in [3.05, 3.63) is 29.8 Å². The second-order valence-electron chi connectivity index (χ2n) is 6.08. The van der Waals surface area contributed by atoms with Gasteiger partial charge in [0.15, 0.2) is 0 Å². The largest absolute Gasteiger partial charge is 0.399 e. The van der Waals surface area contributed by atoms with Crippen LogP contribution >= 0.6 is 0 Å². The molecule has 1 amide bonds. The van der Waals surface area contributed by atoms with Gasteiger partial charge < -0.3 is 5.73 Å². The average Bonchev–Trinajstić information content (AvgIpc) is 2.55. The van der Waals surface area contributed by atoms with E-state index in [1.54, 1.807) is 0 Å². The topological polar surface area (TPSA) is 67.5 Å². The molecule has 0 heterocycles. The predicted molar refractivity (Wildman–Crippen MR) is 98.4 cm³/mol. The maximum absolute atomic E-state index is 11.8.